The molecule has 6 heterocycles. The van der Waals surface area contributed by atoms with Gasteiger partial charge in [0, 0.05) is 94.7 Å². The summed E-state index contributed by atoms with van der Waals surface area (Å²) in [4.78, 5) is 76.1. The number of phenols is 3. The monoisotopic (exact) mass is 1470 g/mol. The molecule has 23 nitrogen and oxygen atoms in total. The lowest BCUT2D eigenvalue weighted by Crippen LogP contribution is -2.51. The van der Waals surface area contributed by atoms with Crippen LogP contribution < -0.4 is 28.9 Å². The van der Waals surface area contributed by atoms with Crippen LogP contribution in [0, 0.1) is 0 Å². The molecule has 0 spiro atoms. The molecule has 15 rings (SSSR count). The summed E-state index contributed by atoms with van der Waals surface area (Å²) in [6.07, 6.45) is 3.10. The topological polar surface area (TPSA) is 277 Å². The molecule has 3 aromatic heterocycles. The first-order valence-electron chi connectivity index (χ1n) is 37.1. The van der Waals surface area contributed by atoms with Crippen LogP contribution >= 0.6 is 0 Å². The fraction of sp³-hybridized carbons (Fsp3) is 0.291. The molecule has 560 valence electrons. The molecule has 109 heavy (non-hydrogen) atoms. The quantitative estimate of drug-likeness (QED) is 0.0394. The summed E-state index contributed by atoms with van der Waals surface area (Å²) in [5.74, 6) is 2.14. The zero-order chi connectivity index (χ0) is 76.6. The van der Waals surface area contributed by atoms with Gasteiger partial charge < -0.3 is 69.1 Å². The Kier molecular flexibility index (Phi) is 22.9. The molecule has 12 aromatic rings. The standard InChI is InChI=1S/2C29H30N4O3.C28H30N4O5/c2*1-4-19(3)36-29-30-26-17-21(25-18-22(34)16-20-8-6-7-9-23(20)25)10-11-24(26)28(31-29)33-14-12-32(13-15-33)27(35)5-2;1-3-17(2)37-28-29-24-15-19(23-16-20(33)14-18-6-4-5-7-21(18)23)8-9-22(24)25(30-28)31-10-12-32(13-11-31)26(34)27(35)36/h2*5-11,16-19,34H,2,4,12-15H2,1,3H3;4-9,14-17,27,33,35-36H,3,10-13H2,1-2H3/t19-;;/m1../s1. The third-order valence-corrected chi connectivity index (χ3v) is 20.3. The molecule has 3 saturated heterocycles. The first-order valence-corrected chi connectivity index (χ1v) is 37.1. The number of nitrogens with zero attached hydrogens (tertiary/aromatic N) is 12. The number of carbonyl (C=O) groups is 3. The third-order valence-electron chi connectivity index (χ3n) is 20.3. The Morgan fingerprint density at radius 2 is 0.670 bits per heavy atom. The average molecular weight is 1470 g/mol. The number of aliphatic hydroxyl groups excluding tert-OH is 1. The van der Waals surface area contributed by atoms with Crippen molar-refractivity contribution in [1.82, 2.24) is 44.6 Å². The van der Waals surface area contributed by atoms with E-state index in [0.29, 0.717) is 102 Å². The lowest BCUT2D eigenvalue weighted by atomic mass is 9.97. The minimum absolute atomic E-state index is 0.0180. The van der Waals surface area contributed by atoms with Crippen molar-refractivity contribution in [2.24, 2.45) is 0 Å². The highest BCUT2D eigenvalue weighted by Crippen LogP contribution is 2.41. The molecule has 23 heteroatoms. The summed E-state index contributed by atoms with van der Waals surface area (Å²) >= 11 is 0. The normalized spacial score (nSPS) is 14.8. The van der Waals surface area contributed by atoms with E-state index in [1.807, 2.05) is 143 Å². The molecule has 3 fully saturated rings. The fourth-order valence-electron chi connectivity index (χ4n) is 13.9. The zero-order valence-electron chi connectivity index (χ0n) is 62.1. The summed E-state index contributed by atoms with van der Waals surface area (Å²) in [7, 11) is 0. The van der Waals surface area contributed by atoms with Crippen molar-refractivity contribution in [3.63, 3.8) is 0 Å². The van der Waals surface area contributed by atoms with Crippen molar-refractivity contribution >= 4 is 100 Å². The number of piperazine rings is 3. The van der Waals surface area contributed by atoms with Crippen molar-refractivity contribution in [1.29, 1.82) is 0 Å². The van der Waals surface area contributed by atoms with Crippen molar-refractivity contribution in [3.05, 3.63) is 189 Å². The van der Waals surface area contributed by atoms with Crippen LogP contribution in [0.3, 0.4) is 0 Å². The van der Waals surface area contributed by atoms with E-state index in [1.165, 1.54) is 17.1 Å². The van der Waals surface area contributed by atoms with Gasteiger partial charge in [-0.2, -0.15) is 29.9 Å². The van der Waals surface area contributed by atoms with E-state index >= 15 is 0 Å². The molecule has 3 amide bonds. The van der Waals surface area contributed by atoms with Crippen molar-refractivity contribution in [3.8, 4) is 68.7 Å². The Bertz CT molecular complexity index is 5170. The third kappa shape index (κ3) is 16.8. The number of aromatic hydroxyl groups is 3. The van der Waals surface area contributed by atoms with Crippen LogP contribution in [0.5, 0.6) is 35.3 Å². The molecular weight excluding hydrogens is 1380 g/mol. The Hall–Kier alpha value is -12.2. The second-order valence-corrected chi connectivity index (χ2v) is 27.6. The Morgan fingerprint density at radius 3 is 0.945 bits per heavy atom. The maximum absolute atomic E-state index is 12.0. The lowest BCUT2D eigenvalue weighted by molar-refractivity contribution is -0.159. The van der Waals surface area contributed by atoms with E-state index in [0.717, 1.165) is 124 Å². The van der Waals surface area contributed by atoms with E-state index in [4.69, 9.17) is 44.1 Å². The van der Waals surface area contributed by atoms with Gasteiger partial charge in [0.2, 0.25) is 18.1 Å². The number of aromatic nitrogens is 6. The van der Waals surface area contributed by atoms with Gasteiger partial charge in [0.1, 0.15) is 34.7 Å². The summed E-state index contributed by atoms with van der Waals surface area (Å²) in [6.45, 7) is 26.0. The van der Waals surface area contributed by atoms with Crippen LogP contribution in [0.4, 0.5) is 17.5 Å². The molecule has 5 N–H and O–H groups in total. The fourth-order valence-corrected chi connectivity index (χ4v) is 13.9. The number of fused-ring (bicyclic) bond motifs is 6. The minimum atomic E-state index is -2.01. The molecule has 3 aliphatic rings. The number of aliphatic hydroxyl groups is 2. The van der Waals surface area contributed by atoms with Crippen LogP contribution in [-0.4, -0.2) is 191 Å². The van der Waals surface area contributed by atoms with Gasteiger partial charge in [-0.25, -0.2) is 0 Å². The number of rotatable bonds is 18. The summed E-state index contributed by atoms with van der Waals surface area (Å²) in [5.41, 5.74) is 7.84. The zero-order valence-corrected chi connectivity index (χ0v) is 62.1. The number of amides is 3. The van der Waals surface area contributed by atoms with Gasteiger partial charge in [0.25, 0.3) is 5.91 Å². The highest BCUT2D eigenvalue weighted by Gasteiger charge is 2.30. The van der Waals surface area contributed by atoms with Crippen LogP contribution in [0.1, 0.15) is 60.8 Å². The van der Waals surface area contributed by atoms with Gasteiger partial charge >= 0.3 is 18.0 Å². The SMILES string of the molecule is C=CC(=O)N1CCN(c2nc(OC(C)CC)nc3cc(-c4cc(O)cc5ccccc45)ccc23)CC1.C=CC(=O)N1CCN(c2nc(O[C@H](C)CC)nc3cc(-c4cc(O)cc5ccccc45)ccc23)CC1.CCC(C)Oc1nc(N2CCN(C(=O)C(O)O)CC2)c2ccc(-c3cc(O)cc4ccccc34)cc2n1. The first-order chi connectivity index (χ1) is 52.8. The van der Waals surface area contributed by atoms with Crippen molar-refractivity contribution in [2.75, 3.05) is 93.2 Å². The molecule has 0 aliphatic carbocycles. The smallest absolute Gasteiger partial charge is 0.319 e. The number of carbonyl (C=O) groups excluding carboxylic acids is 3. The Balaban J connectivity index is 0.000000144. The highest BCUT2D eigenvalue weighted by atomic mass is 16.5. The number of hydrogen-bond acceptors (Lipinski definition) is 20. The van der Waals surface area contributed by atoms with Gasteiger partial charge in [-0.15, -0.1) is 0 Å². The Labute approximate surface area is 632 Å². The van der Waals surface area contributed by atoms with E-state index < -0.39 is 12.2 Å². The maximum Gasteiger partial charge on any atom is 0.319 e. The minimum Gasteiger partial charge on any atom is -0.508 e. The molecule has 3 atom stereocenters. The van der Waals surface area contributed by atoms with E-state index in [9.17, 15) is 39.9 Å². The second kappa shape index (κ2) is 33.3. The average Bonchev–Trinajstić information content (AvgIpc) is 0.774. The number of ether oxygens (including phenoxy) is 3. The number of hydrogen-bond donors (Lipinski definition) is 5. The second-order valence-electron chi connectivity index (χ2n) is 27.6. The summed E-state index contributed by atoms with van der Waals surface area (Å²) in [5, 5.41) is 58.3. The first kappa shape index (κ1) is 75.0. The molecule has 2 unspecified atom stereocenters. The Morgan fingerprint density at radius 1 is 0.385 bits per heavy atom. The van der Waals surface area contributed by atoms with Crippen LogP contribution in [-0.2, 0) is 14.4 Å². The van der Waals surface area contributed by atoms with Crippen LogP contribution in [0.2, 0.25) is 0 Å². The maximum atomic E-state index is 12.0. The van der Waals surface area contributed by atoms with Crippen molar-refractivity contribution < 1.29 is 54.1 Å². The van der Waals surface area contributed by atoms with Gasteiger partial charge in [0.15, 0.2) is 0 Å². The molecule has 0 bridgehead atoms. The van der Waals surface area contributed by atoms with Gasteiger partial charge in [-0.05, 0) is 191 Å². The van der Waals surface area contributed by atoms with Crippen molar-refractivity contribution in [2.45, 2.75) is 85.4 Å². The largest absolute Gasteiger partial charge is 0.508 e. The molecular formula is C86H90N12O11. The van der Waals surface area contributed by atoms with Crippen LogP contribution in [0.15, 0.2) is 189 Å². The number of anilines is 3. The number of phenolic OH excluding ortho intramolecular Hbond substituents is 3. The van der Waals surface area contributed by atoms with Gasteiger partial charge in [0.05, 0.1) is 34.9 Å². The van der Waals surface area contributed by atoms with E-state index in [-0.39, 0.29) is 53.4 Å². The van der Waals surface area contributed by atoms with Gasteiger partial charge in [-0.1, -0.05) is 125 Å². The molecule has 0 radical (unpaired) electrons. The highest BCUT2D eigenvalue weighted by molar-refractivity contribution is 6.04. The van der Waals surface area contributed by atoms with E-state index in [1.54, 1.807) is 46.2 Å². The van der Waals surface area contributed by atoms with Gasteiger partial charge in [-0.3, -0.25) is 14.4 Å². The molecule has 3 aliphatic heterocycles. The predicted molar refractivity (Wildman–Crippen MR) is 429 cm³/mol. The summed E-state index contributed by atoms with van der Waals surface area (Å²) < 4.78 is 18.1. The van der Waals surface area contributed by atoms with E-state index in [2.05, 4.69) is 53.8 Å². The van der Waals surface area contributed by atoms with Crippen LogP contribution in [0.25, 0.3) is 98.4 Å². The predicted octanol–water partition coefficient (Wildman–Crippen LogP) is 13.6. The lowest BCUT2D eigenvalue weighted by Gasteiger charge is -2.36. The molecule has 9 aromatic carbocycles. The molecule has 0 saturated carbocycles. The summed E-state index contributed by atoms with van der Waals surface area (Å²) in [6, 6.07) is 53.7. The number of benzene rings is 9.